The van der Waals surface area contributed by atoms with Crippen LogP contribution in [0.1, 0.15) is 52.9 Å². The lowest BCUT2D eigenvalue weighted by Gasteiger charge is -2.66. The van der Waals surface area contributed by atoms with Gasteiger partial charge in [0.25, 0.3) is 0 Å². The van der Waals surface area contributed by atoms with Crippen molar-refractivity contribution in [1.82, 2.24) is 0 Å². The SMILES string of the molecule is C=C(C)C(=O)OCC12CC3CC(CC(C3)C1(COC(=O)C(=C)C)COC(=O)C(=C)C)C2. The predicted molar refractivity (Wildman–Crippen MR) is 116 cm³/mol. The van der Waals surface area contributed by atoms with Crippen molar-refractivity contribution in [3.8, 4) is 0 Å². The zero-order chi connectivity index (χ0) is 23.0. The first-order valence-electron chi connectivity index (χ1n) is 11.0. The molecule has 0 heterocycles. The van der Waals surface area contributed by atoms with Gasteiger partial charge in [0.15, 0.2) is 0 Å². The van der Waals surface area contributed by atoms with Crippen LogP contribution in [0.4, 0.5) is 0 Å². The molecule has 0 aliphatic heterocycles. The van der Waals surface area contributed by atoms with E-state index >= 15 is 0 Å². The minimum atomic E-state index is -0.619. The van der Waals surface area contributed by atoms with Crippen molar-refractivity contribution in [3.05, 3.63) is 36.5 Å². The molecule has 0 saturated heterocycles. The van der Waals surface area contributed by atoms with Gasteiger partial charge in [-0.1, -0.05) is 19.7 Å². The van der Waals surface area contributed by atoms with Crippen molar-refractivity contribution in [2.45, 2.75) is 52.9 Å². The van der Waals surface area contributed by atoms with Crippen LogP contribution in [0.15, 0.2) is 36.5 Å². The van der Waals surface area contributed by atoms with Crippen LogP contribution in [-0.2, 0) is 28.6 Å². The molecule has 0 aromatic carbocycles. The van der Waals surface area contributed by atoms with Crippen LogP contribution in [0.25, 0.3) is 0 Å². The predicted octanol–water partition coefficient (Wildman–Crippen LogP) is 4.16. The van der Waals surface area contributed by atoms with E-state index in [4.69, 9.17) is 14.2 Å². The molecular formula is C25H34O6. The van der Waals surface area contributed by atoms with Crippen molar-refractivity contribution in [2.24, 2.45) is 28.6 Å². The Morgan fingerprint density at radius 1 is 0.710 bits per heavy atom. The average molecular weight is 431 g/mol. The largest absolute Gasteiger partial charge is 0.462 e. The minimum absolute atomic E-state index is 0.108. The first-order valence-corrected chi connectivity index (χ1v) is 11.0. The fourth-order valence-corrected chi connectivity index (χ4v) is 6.18. The van der Waals surface area contributed by atoms with E-state index in [1.807, 2.05) is 0 Å². The van der Waals surface area contributed by atoms with E-state index in [9.17, 15) is 14.4 Å². The van der Waals surface area contributed by atoms with Gasteiger partial charge in [0.05, 0.1) is 12.0 Å². The summed E-state index contributed by atoms with van der Waals surface area (Å²) in [5, 5.41) is 0. The molecule has 4 fully saturated rings. The van der Waals surface area contributed by atoms with Gasteiger partial charge in [0.1, 0.15) is 13.2 Å². The van der Waals surface area contributed by atoms with E-state index in [1.54, 1.807) is 20.8 Å². The second kappa shape index (κ2) is 8.64. The van der Waals surface area contributed by atoms with Crippen LogP contribution < -0.4 is 0 Å². The van der Waals surface area contributed by atoms with Crippen molar-refractivity contribution in [3.63, 3.8) is 0 Å². The van der Waals surface area contributed by atoms with E-state index < -0.39 is 28.7 Å². The number of esters is 3. The summed E-state index contributed by atoms with van der Waals surface area (Å²) in [6.07, 6.45) is 4.90. The number of hydrogen-bond acceptors (Lipinski definition) is 6. The third kappa shape index (κ3) is 4.35. The average Bonchev–Trinajstić information content (AvgIpc) is 2.69. The number of carbonyl (C=O) groups is 3. The van der Waals surface area contributed by atoms with Crippen LogP contribution in [0, 0.1) is 28.6 Å². The van der Waals surface area contributed by atoms with Gasteiger partial charge in [-0.05, 0) is 70.6 Å². The van der Waals surface area contributed by atoms with Crippen molar-refractivity contribution in [1.29, 1.82) is 0 Å². The molecular weight excluding hydrogens is 396 g/mol. The molecule has 6 heteroatoms. The summed E-state index contributed by atoms with van der Waals surface area (Å²) in [5.41, 5.74) is -0.0529. The summed E-state index contributed by atoms with van der Waals surface area (Å²) >= 11 is 0. The van der Waals surface area contributed by atoms with Crippen LogP contribution in [0.3, 0.4) is 0 Å². The molecule has 0 radical (unpaired) electrons. The van der Waals surface area contributed by atoms with Crippen molar-refractivity contribution in [2.75, 3.05) is 19.8 Å². The maximum Gasteiger partial charge on any atom is 0.333 e. The summed E-state index contributed by atoms with van der Waals surface area (Å²) in [4.78, 5) is 36.8. The smallest absolute Gasteiger partial charge is 0.333 e. The summed E-state index contributed by atoms with van der Waals surface area (Å²) in [6.45, 7) is 16.3. The number of ether oxygens (including phenoxy) is 3. The third-order valence-corrected chi connectivity index (χ3v) is 7.55. The summed E-state index contributed by atoms with van der Waals surface area (Å²) in [7, 11) is 0. The fraction of sp³-hybridized carbons (Fsp3) is 0.640. The quantitative estimate of drug-likeness (QED) is 0.311. The maximum atomic E-state index is 12.3. The Labute approximate surface area is 184 Å². The van der Waals surface area contributed by atoms with Crippen LogP contribution in [-0.4, -0.2) is 37.7 Å². The Hall–Kier alpha value is -2.37. The molecule has 0 aromatic rings. The second-order valence-corrected chi connectivity index (χ2v) is 10.1. The lowest BCUT2D eigenvalue weighted by atomic mass is 9.39. The summed E-state index contributed by atoms with van der Waals surface area (Å²) < 4.78 is 17.1. The second-order valence-electron chi connectivity index (χ2n) is 10.1. The normalized spacial score (nSPS) is 29.7. The van der Waals surface area contributed by atoms with E-state index in [0.29, 0.717) is 28.6 Å². The molecule has 4 aliphatic rings. The zero-order valence-electron chi connectivity index (χ0n) is 19.0. The first-order chi connectivity index (χ1) is 14.5. The van der Waals surface area contributed by atoms with Crippen LogP contribution in [0.2, 0.25) is 0 Å². The molecule has 0 amide bonds. The van der Waals surface area contributed by atoms with Gasteiger partial charge in [0.2, 0.25) is 0 Å². The number of rotatable bonds is 9. The number of carbonyl (C=O) groups excluding carboxylic acids is 3. The van der Waals surface area contributed by atoms with Gasteiger partial charge < -0.3 is 14.2 Å². The molecule has 0 N–H and O–H groups in total. The molecule has 2 atom stereocenters. The Balaban J connectivity index is 1.96. The Morgan fingerprint density at radius 2 is 1.10 bits per heavy atom. The summed E-state index contributed by atoms with van der Waals surface area (Å²) in [5.74, 6) is -0.0479. The maximum absolute atomic E-state index is 12.3. The van der Waals surface area contributed by atoms with Gasteiger partial charge in [-0.15, -0.1) is 0 Å². The molecule has 0 spiro atoms. The lowest BCUT2D eigenvalue weighted by Crippen LogP contribution is -2.65. The van der Waals surface area contributed by atoms with Gasteiger partial charge in [-0.3, -0.25) is 0 Å². The van der Waals surface area contributed by atoms with Crippen molar-refractivity contribution >= 4 is 17.9 Å². The number of hydrogen-bond donors (Lipinski definition) is 0. The topological polar surface area (TPSA) is 78.9 Å². The van der Waals surface area contributed by atoms with Crippen molar-refractivity contribution < 1.29 is 28.6 Å². The highest BCUT2D eigenvalue weighted by molar-refractivity contribution is 5.88. The Kier molecular flexibility index (Phi) is 6.49. The standard InChI is InChI=1S/C25H34O6/c1-15(2)21(26)29-12-24-10-18-7-19(11-24)9-20(8-18)25(24,13-30-22(27)16(3)4)14-31-23(28)17(5)6/h18-20H,1,3,5,7-14H2,2,4,6H3. The molecule has 170 valence electrons. The molecule has 4 saturated carbocycles. The molecule has 0 aromatic heterocycles. The van der Waals surface area contributed by atoms with Gasteiger partial charge in [-0.2, -0.15) is 0 Å². The minimum Gasteiger partial charge on any atom is -0.462 e. The third-order valence-electron chi connectivity index (χ3n) is 7.55. The highest BCUT2D eigenvalue weighted by Gasteiger charge is 2.67. The first kappa shape index (κ1) is 23.3. The Morgan fingerprint density at radius 3 is 1.48 bits per heavy atom. The monoisotopic (exact) mass is 430 g/mol. The van der Waals surface area contributed by atoms with E-state index in [2.05, 4.69) is 19.7 Å². The molecule has 31 heavy (non-hydrogen) atoms. The van der Waals surface area contributed by atoms with E-state index in [1.165, 1.54) is 6.42 Å². The van der Waals surface area contributed by atoms with Crippen LogP contribution in [0.5, 0.6) is 0 Å². The molecule has 4 rings (SSSR count). The molecule has 2 unspecified atom stereocenters. The van der Waals surface area contributed by atoms with Crippen LogP contribution >= 0.6 is 0 Å². The highest BCUT2D eigenvalue weighted by Crippen LogP contribution is 2.68. The molecule has 4 bridgehead atoms. The molecule has 6 nitrogen and oxygen atoms in total. The van der Waals surface area contributed by atoms with E-state index in [-0.39, 0.29) is 25.7 Å². The van der Waals surface area contributed by atoms with Gasteiger partial charge >= 0.3 is 17.9 Å². The van der Waals surface area contributed by atoms with E-state index in [0.717, 1.165) is 25.7 Å². The molecule has 4 aliphatic carbocycles. The van der Waals surface area contributed by atoms with Gasteiger partial charge in [-0.25, -0.2) is 14.4 Å². The highest BCUT2D eigenvalue weighted by atomic mass is 16.6. The van der Waals surface area contributed by atoms with Gasteiger partial charge in [0, 0.05) is 22.1 Å². The lowest BCUT2D eigenvalue weighted by molar-refractivity contribution is -0.237. The summed E-state index contributed by atoms with van der Waals surface area (Å²) in [6, 6.07) is 0. The Bertz CT molecular complexity index is 778. The fourth-order valence-electron chi connectivity index (χ4n) is 6.18. The zero-order valence-corrected chi connectivity index (χ0v) is 19.0.